The minimum Gasteiger partial charge on any atom is -0.497 e. The van der Waals surface area contributed by atoms with Crippen molar-refractivity contribution in [1.82, 2.24) is 15.1 Å². The monoisotopic (exact) mass is 457 g/mol. The van der Waals surface area contributed by atoms with E-state index >= 15 is 0 Å². The molecule has 2 saturated heterocycles. The number of hydrogen-bond donors (Lipinski definition) is 0. The lowest BCUT2D eigenvalue weighted by molar-refractivity contribution is -0.136. The second kappa shape index (κ2) is 9.51. The van der Waals surface area contributed by atoms with Gasteiger partial charge >= 0.3 is 0 Å². The topological polar surface area (TPSA) is 78.9 Å². The number of piperazine rings is 1. The van der Waals surface area contributed by atoms with Gasteiger partial charge in [0.15, 0.2) is 5.82 Å². The molecule has 0 saturated carbocycles. The molecular weight excluding hydrogens is 430 g/mol. The van der Waals surface area contributed by atoms with E-state index in [0.717, 1.165) is 28.5 Å². The van der Waals surface area contributed by atoms with Gasteiger partial charge in [0.25, 0.3) is 0 Å². The molecule has 1 unspecified atom stereocenters. The molecule has 2 amide bonds. The smallest absolute Gasteiger partial charge is 0.228 e. The molecule has 8 heteroatoms. The van der Waals surface area contributed by atoms with Crippen molar-refractivity contribution < 1.29 is 14.3 Å². The van der Waals surface area contributed by atoms with Gasteiger partial charge in [-0.25, -0.2) is 0 Å². The molecule has 2 aromatic carbocycles. The molecule has 8 nitrogen and oxygen atoms in total. The quantitative estimate of drug-likeness (QED) is 0.586. The van der Waals surface area contributed by atoms with Crippen LogP contribution in [0.2, 0.25) is 0 Å². The Balaban J connectivity index is 1.17. The van der Waals surface area contributed by atoms with Crippen molar-refractivity contribution >= 4 is 23.3 Å². The molecule has 3 heterocycles. The van der Waals surface area contributed by atoms with E-state index in [-0.39, 0.29) is 24.2 Å². The van der Waals surface area contributed by atoms with Crippen LogP contribution in [0.1, 0.15) is 6.42 Å². The summed E-state index contributed by atoms with van der Waals surface area (Å²) in [6.45, 7) is 3.00. The lowest BCUT2D eigenvalue weighted by atomic mass is 10.1. The van der Waals surface area contributed by atoms with Crippen LogP contribution in [0.5, 0.6) is 5.75 Å². The third-order valence-electron chi connectivity index (χ3n) is 6.49. The summed E-state index contributed by atoms with van der Waals surface area (Å²) in [4.78, 5) is 31.5. The van der Waals surface area contributed by atoms with E-state index in [2.05, 4.69) is 15.1 Å². The first-order valence-electron chi connectivity index (χ1n) is 11.5. The largest absolute Gasteiger partial charge is 0.497 e. The summed E-state index contributed by atoms with van der Waals surface area (Å²) < 4.78 is 5.19. The zero-order valence-corrected chi connectivity index (χ0v) is 19.1. The molecule has 1 aromatic heterocycles. The van der Waals surface area contributed by atoms with Gasteiger partial charge in [-0.2, -0.15) is 0 Å². The number of benzene rings is 2. The van der Waals surface area contributed by atoms with Gasteiger partial charge in [-0.05, 0) is 36.4 Å². The maximum absolute atomic E-state index is 13.1. The summed E-state index contributed by atoms with van der Waals surface area (Å²) in [6.07, 6.45) is 0.248. The summed E-state index contributed by atoms with van der Waals surface area (Å²) in [5.41, 5.74) is 2.67. The summed E-state index contributed by atoms with van der Waals surface area (Å²) in [5.74, 6) is 1.27. The number of rotatable bonds is 5. The van der Waals surface area contributed by atoms with Crippen molar-refractivity contribution in [3.05, 3.63) is 66.7 Å². The number of ether oxygens (including phenoxy) is 1. The Morgan fingerprint density at radius 3 is 2.29 bits per heavy atom. The third-order valence-corrected chi connectivity index (χ3v) is 6.49. The van der Waals surface area contributed by atoms with Gasteiger partial charge in [0.1, 0.15) is 5.75 Å². The first-order valence-corrected chi connectivity index (χ1v) is 11.5. The third kappa shape index (κ3) is 4.44. The van der Waals surface area contributed by atoms with E-state index < -0.39 is 0 Å². The second-order valence-corrected chi connectivity index (χ2v) is 8.56. The second-order valence-electron chi connectivity index (χ2n) is 8.56. The van der Waals surface area contributed by atoms with E-state index in [1.807, 2.05) is 71.6 Å². The number of methoxy groups -OCH3 is 1. The Morgan fingerprint density at radius 2 is 1.65 bits per heavy atom. The SMILES string of the molecule is COc1ccc(N2CC(C(=O)N3CCN(c4ccc(-c5ccccc5)nn4)CC3)CC2=O)cc1. The predicted octanol–water partition coefficient (Wildman–Crippen LogP) is 2.85. The number of hydrogen-bond acceptors (Lipinski definition) is 6. The van der Waals surface area contributed by atoms with E-state index in [1.54, 1.807) is 12.0 Å². The summed E-state index contributed by atoms with van der Waals surface area (Å²) >= 11 is 0. The zero-order chi connectivity index (χ0) is 23.5. The summed E-state index contributed by atoms with van der Waals surface area (Å²) in [6, 6.07) is 21.3. The highest BCUT2D eigenvalue weighted by molar-refractivity contribution is 6.00. The van der Waals surface area contributed by atoms with Crippen LogP contribution in [0.4, 0.5) is 11.5 Å². The molecule has 0 aliphatic carbocycles. The van der Waals surface area contributed by atoms with Crippen molar-refractivity contribution in [2.75, 3.05) is 49.6 Å². The maximum atomic E-state index is 13.1. The Labute approximate surface area is 198 Å². The van der Waals surface area contributed by atoms with Gasteiger partial charge in [-0.3, -0.25) is 9.59 Å². The van der Waals surface area contributed by atoms with Gasteiger partial charge in [0, 0.05) is 50.4 Å². The molecule has 5 rings (SSSR count). The van der Waals surface area contributed by atoms with Crippen molar-refractivity contribution in [3.8, 4) is 17.0 Å². The highest BCUT2D eigenvalue weighted by atomic mass is 16.5. The average molecular weight is 458 g/mol. The van der Waals surface area contributed by atoms with E-state index in [9.17, 15) is 9.59 Å². The molecule has 34 heavy (non-hydrogen) atoms. The number of carbonyl (C=O) groups is 2. The average Bonchev–Trinajstić information content (AvgIpc) is 3.30. The zero-order valence-electron chi connectivity index (χ0n) is 19.1. The van der Waals surface area contributed by atoms with Crippen LogP contribution in [0.15, 0.2) is 66.7 Å². The molecule has 2 aliphatic rings. The van der Waals surface area contributed by atoms with Crippen LogP contribution in [-0.4, -0.2) is 66.7 Å². The van der Waals surface area contributed by atoms with Gasteiger partial charge in [-0.1, -0.05) is 30.3 Å². The van der Waals surface area contributed by atoms with E-state index in [4.69, 9.17) is 4.74 Å². The van der Waals surface area contributed by atoms with Gasteiger partial charge in [-0.15, -0.1) is 10.2 Å². The highest BCUT2D eigenvalue weighted by Crippen LogP contribution is 2.28. The van der Waals surface area contributed by atoms with Crippen LogP contribution in [0.25, 0.3) is 11.3 Å². The van der Waals surface area contributed by atoms with Crippen LogP contribution < -0.4 is 14.5 Å². The molecule has 1 atom stereocenters. The molecule has 2 fully saturated rings. The van der Waals surface area contributed by atoms with Crippen LogP contribution in [0, 0.1) is 5.92 Å². The van der Waals surface area contributed by atoms with Crippen molar-refractivity contribution in [1.29, 1.82) is 0 Å². The Morgan fingerprint density at radius 1 is 0.912 bits per heavy atom. The standard InChI is InChI=1S/C26H27N5O3/c1-34-22-9-7-21(8-10-22)31-18-20(17-25(31)32)26(33)30-15-13-29(14-16-30)24-12-11-23(27-28-24)19-5-3-2-4-6-19/h2-12,20H,13-18H2,1H3. The number of carbonyl (C=O) groups excluding carboxylic acids is 2. The predicted molar refractivity (Wildman–Crippen MR) is 130 cm³/mol. The Kier molecular flexibility index (Phi) is 6.12. The lowest BCUT2D eigenvalue weighted by Crippen LogP contribution is -2.51. The fraction of sp³-hybridized carbons (Fsp3) is 0.308. The lowest BCUT2D eigenvalue weighted by Gasteiger charge is -2.36. The van der Waals surface area contributed by atoms with Crippen LogP contribution >= 0.6 is 0 Å². The van der Waals surface area contributed by atoms with Crippen molar-refractivity contribution in [2.24, 2.45) is 5.92 Å². The Hall–Kier alpha value is -3.94. The first kappa shape index (κ1) is 21.9. The summed E-state index contributed by atoms with van der Waals surface area (Å²) in [5, 5.41) is 8.78. The molecule has 0 spiro atoms. The molecule has 174 valence electrons. The molecular formula is C26H27N5O3. The first-order chi connectivity index (χ1) is 16.6. The normalized spacial score (nSPS) is 18.3. The maximum Gasteiger partial charge on any atom is 0.228 e. The number of nitrogens with zero attached hydrogens (tertiary/aromatic N) is 5. The van der Waals surface area contributed by atoms with Gasteiger partial charge < -0.3 is 19.4 Å². The molecule has 0 bridgehead atoms. The molecule has 0 N–H and O–H groups in total. The molecule has 0 radical (unpaired) electrons. The minimum absolute atomic E-state index is 0.0177. The number of aromatic nitrogens is 2. The van der Waals surface area contributed by atoms with Crippen LogP contribution in [-0.2, 0) is 9.59 Å². The molecule has 2 aliphatic heterocycles. The van der Waals surface area contributed by atoms with E-state index in [1.165, 1.54) is 0 Å². The van der Waals surface area contributed by atoms with Crippen LogP contribution in [0.3, 0.4) is 0 Å². The molecule has 3 aromatic rings. The fourth-order valence-electron chi connectivity index (χ4n) is 4.56. The fourth-order valence-corrected chi connectivity index (χ4v) is 4.56. The number of amides is 2. The highest BCUT2D eigenvalue weighted by Gasteiger charge is 2.38. The van der Waals surface area contributed by atoms with Crippen molar-refractivity contribution in [2.45, 2.75) is 6.42 Å². The Bertz CT molecular complexity index is 1140. The van der Waals surface area contributed by atoms with Gasteiger partial charge in [0.2, 0.25) is 11.8 Å². The number of anilines is 2. The van der Waals surface area contributed by atoms with Gasteiger partial charge in [0.05, 0.1) is 18.7 Å². The summed E-state index contributed by atoms with van der Waals surface area (Å²) in [7, 11) is 1.61. The van der Waals surface area contributed by atoms with Crippen molar-refractivity contribution in [3.63, 3.8) is 0 Å². The minimum atomic E-state index is -0.314. The van der Waals surface area contributed by atoms with E-state index in [0.29, 0.717) is 32.7 Å².